The Hall–Kier alpha value is -7.37. The fourth-order valence-corrected chi connectivity index (χ4v) is 7.94. The minimum atomic E-state index is 0.605. The van der Waals surface area contributed by atoms with E-state index < -0.39 is 0 Å². The lowest BCUT2D eigenvalue weighted by Crippen LogP contribution is -2.02. The van der Waals surface area contributed by atoms with Crippen molar-refractivity contribution < 1.29 is 4.42 Å². The van der Waals surface area contributed by atoms with Crippen molar-refractivity contribution in [3.8, 4) is 51.0 Å². The highest BCUT2D eigenvalue weighted by Crippen LogP contribution is 2.43. The summed E-state index contributed by atoms with van der Waals surface area (Å²) in [5.41, 5.74) is 9.91. The Morgan fingerprint density at radius 1 is 0.370 bits per heavy atom. The van der Waals surface area contributed by atoms with Crippen LogP contribution in [-0.4, -0.2) is 19.5 Å². The summed E-state index contributed by atoms with van der Waals surface area (Å²) in [6, 6.07) is 63.4. The van der Waals surface area contributed by atoms with Gasteiger partial charge in [0.2, 0.25) is 0 Å². The first kappa shape index (κ1) is 30.3. The quantitative estimate of drug-likeness (QED) is 0.180. The van der Waals surface area contributed by atoms with Gasteiger partial charge >= 0.3 is 0 Å². The van der Waals surface area contributed by atoms with Crippen LogP contribution in [0.3, 0.4) is 0 Å². The lowest BCUT2D eigenvalue weighted by molar-refractivity contribution is 0.669. The van der Waals surface area contributed by atoms with E-state index in [1.807, 2.05) is 72.8 Å². The van der Waals surface area contributed by atoms with Crippen molar-refractivity contribution >= 4 is 54.5 Å². The highest BCUT2D eigenvalue weighted by Gasteiger charge is 2.21. The molecule has 0 aliphatic carbocycles. The number of hydrogen-bond donors (Lipinski definition) is 0. The number of furan rings is 1. The first-order chi connectivity index (χ1) is 26.8. The van der Waals surface area contributed by atoms with E-state index in [0.29, 0.717) is 17.5 Å². The second-order valence-corrected chi connectivity index (χ2v) is 13.6. The molecule has 0 saturated carbocycles. The van der Waals surface area contributed by atoms with Crippen LogP contribution in [0.1, 0.15) is 0 Å². The summed E-state index contributed by atoms with van der Waals surface area (Å²) >= 11 is 0. The van der Waals surface area contributed by atoms with Gasteiger partial charge in [-0.25, -0.2) is 15.0 Å². The molecule has 0 atom stereocenters. The number of nitrogens with zero attached hydrogens (tertiary/aromatic N) is 4. The van der Waals surface area contributed by atoms with Gasteiger partial charge in [-0.2, -0.15) is 0 Å². The van der Waals surface area contributed by atoms with Crippen molar-refractivity contribution in [1.29, 1.82) is 0 Å². The summed E-state index contributed by atoms with van der Waals surface area (Å²) in [5, 5.41) is 6.98. The van der Waals surface area contributed by atoms with E-state index in [9.17, 15) is 0 Å². The van der Waals surface area contributed by atoms with Gasteiger partial charge in [-0.1, -0.05) is 133 Å². The highest BCUT2D eigenvalue weighted by atomic mass is 16.3. The fraction of sp³-hybridized carbons (Fsp3) is 0. The van der Waals surface area contributed by atoms with Gasteiger partial charge in [-0.15, -0.1) is 0 Å². The minimum absolute atomic E-state index is 0.605. The van der Waals surface area contributed by atoms with Crippen LogP contribution in [0.25, 0.3) is 105 Å². The lowest BCUT2D eigenvalue weighted by atomic mass is 9.95. The van der Waals surface area contributed by atoms with E-state index in [4.69, 9.17) is 19.4 Å². The Morgan fingerprint density at radius 3 is 1.70 bits per heavy atom. The van der Waals surface area contributed by atoms with Crippen LogP contribution in [0.5, 0.6) is 0 Å². The number of benzene rings is 8. The predicted molar refractivity (Wildman–Crippen MR) is 221 cm³/mol. The molecule has 0 bridgehead atoms. The smallest absolute Gasteiger partial charge is 0.164 e. The normalized spacial score (nSPS) is 11.7. The van der Waals surface area contributed by atoms with E-state index in [1.54, 1.807) is 0 Å². The van der Waals surface area contributed by atoms with Crippen LogP contribution in [-0.2, 0) is 0 Å². The van der Waals surface area contributed by atoms with Crippen molar-refractivity contribution in [3.63, 3.8) is 0 Å². The molecule has 5 heteroatoms. The molecule has 5 nitrogen and oxygen atoms in total. The zero-order valence-corrected chi connectivity index (χ0v) is 29.0. The molecule has 252 valence electrons. The van der Waals surface area contributed by atoms with Gasteiger partial charge in [0.05, 0.1) is 16.7 Å². The molecule has 0 amide bonds. The summed E-state index contributed by atoms with van der Waals surface area (Å²) in [5.74, 6) is 1.86. The highest BCUT2D eigenvalue weighted by molar-refractivity contribution is 6.16. The Labute approximate surface area is 310 Å². The van der Waals surface area contributed by atoms with Crippen LogP contribution >= 0.6 is 0 Å². The Kier molecular flexibility index (Phi) is 6.79. The van der Waals surface area contributed by atoms with E-state index in [0.717, 1.165) is 66.5 Å². The number of para-hydroxylation sites is 2. The number of aromatic nitrogens is 4. The van der Waals surface area contributed by atoms with Crippen molar-refractivity contribution in [1.82, 2.24) is 19.5 Å². The standard InChI is InChI=1S/C49H30N4O/c1-3-14-31(15-4-1)47-50-48(32-16-5-2-6-17-32)52-49(51-47)35-26-27-42(40(29-35)37-22-13-25-45-46(37)38-21-10-12-24-44(38)54-45)53-41-23-11-9-20-36(41)39-28-33-18-7-8-19-34(33)30-43(39)53/h1-30H. The largest absolute Gasteiger partial charge is 0.456 e. The summed E-state index contributed by atoms with van der Waals surface area (Å²) in [4.78, 5) is 15.2. The summed E-state index contributed by atoms with van der Waals surface area (Å²) < 4.78 is 8.85. The molecule has 0 spiro atoms. The maximum absolute atomic E-state index is 6.44. The molecule has 11 aromatic rings. The number of rotatable bonds is 5. The second kappa shape index (κ2) is 12.1. The Balaban J connectivity index is 1.23. The van der Waals surface area contributed by atoms with Crippen LogP contribution in [0.15, 0.2) is 186 Å². The molecule has 0 unspecified atom stereocenters. The molecular weight excluding hydrogens is 661 g/mol. The van der Waals surface area contributed by atoms with E-state index in [-0.39, 0.29) is 0 Å². The second-order valence-electron chi connectivity index (χ2n) is 13.6. The molecule has 0 radical (unpaired) electrons. The predicted octanol–water partition coefficient (Wildman–Crippen LogP) is 12.7. The maximum atomic E-state index is 6.44. The summed E-state index contributed by atoms with van der Waals surface area (Å²) in [7, 11) is 0. The molecule has 0 fully saturated rings. The topological polar surface area (TPSA) is 56.7 Å². The van der Waals surface area contributed by atoms with Gasteiger partial charge in [0, 0.05) is 43.8 Å². The molecule has 0 aliphatic heterocycles. The zero-order chi connectivity index (χ0) is 35.6. The monoisotopic (exact) mass is 690 g/mol. The molecule has 0 aliphatic rings. The van der Waals surface area contributed by atoms with Crippen molar-refractivity contribution in [3.05, 3.63) is 182 Å². The third kappa shape index (κ3) is 4.83. The average molecular weight is 691 g/mol. The molecule has 11 rings (SSSR count). The van der Waals surface area contributed by atoms with Crippen LogP contribution < -0.4 is 0 Å². The molecule has 3 heterocycles. The van der Waals surface area contributed by atoms with E-state index >= 15 is 0 Å². The fourth-order valence-electron chi connectivity index (χ4n) is 7.94. The first-order valence-electron chi connectivity index (χ1n) is 18.1. The van der Waals surface area contributed by atoms with Crippen molar-refractivity contribution in [2.24, 2.45) is 0 Å². The third-order valence-electron chi connectivity index (χ3n) is 10.4. The zero-order valence-electron chi connectivity index (χ0n) is 29.0. The summed E-state index contributed by atoms with van der Waals surface area (Å²) in [6.07, 6.45) is 0. The minimum Gasteiger partial charge on any atom is -0.456 e. The molecule has 0 N–H and O–H groups in total. The van der Waals surface area contributed by atoms with Gasteiger partial charge in [-0.3, -0.25) is 0 Å². The van der Waals surface area contributed by atoms with Crippen molar-refractivity contribution in [2.75, 3.05) is 0 Å². The molecule has 8 aromatic carbocycles. The van der Waals surface area contributed by atoms with Crippen LogP contribution in [0.2, 0.25) is 0 Å². The van der Waals surface area contributed by atoms with Gasteiger partial charge in [0.1, 0.15) is 11.2 Å². The molecule has 0 saturated heterocycles. The number of fused-ring (bicyclic) bond motifs is 7. The first-order valence-corrected chi connectivity index (χ1v) is 18.1. The van der Waals surface area contributed by atoms with Crippen molar-refractivity contribution in [2.45, 2.75) is 0 Å². The van der Waals surface area contributed by atoms with Gasteiger partial charge in [0.15, 0.2) is 17.5 Å². The Bertz CT molecular complexity index is 3160. The van der Waals surface area contributed by atoms with Gasteiger partial charge < -0.3 is 8.98 Å². The molecule has 3 aromatic heterocycles. The maximum Gasteiger partial charge on any atom is 0.164 e. The van der Waals surface area contributed by atoms with E-state index in [1.165, 1.54) is 21.5 Å². The Morgan fingerprint density at radius 2 is 0.963 bits per heavy atom. The summed E-state index contributed by atoms with van der Waals surface area (Å²) in [6.45, 7) is 0. The number of hydrogen-bond acceptors (Lipinski definition) is 4. The van der Waals surface area contributed by atoms with Gasteiger partial charge in [0.25, 0.3) is 0 Å². The molecular formula is C49H30N4O. The third-order valence-corrected chi connectivity index (χ3v) is 10.4. The van der Waals surface area contributed by atoms with Crippen LogP contribution in [0, 0.1) is 0 Å². The SMILES string of the molecule is c1ccc(-c2nc(-c3ccccc3)nc(-c3ccc(-n4c5ccccc5c5cc6ccccc6cc54)c(-c4cccc5oc6ccccc6c45)c3)n2)cc1. The van der Waals surface area contributed by atoms with Gasteiger partial charge in [-0.05, 0) is 64.9 Å². The van der Waals surface area contributed by atoms with E-state index in [2.05, 4.69) is 114 Å². The lowest BCUT2D eigenvalue weighted by Gasteiger charge is -2.17. The average Bonchev–Trinajstić information content (AvgIpc) is 3.78. The van der Waals surface area contributed by atoms with Crippen LogP contribution in [0.4, 0.5) is 0 Å². The molecule has 54 heavy (non-hydrogen) atoms.